The Morgan fingerprint density at radius 2 is 1.79 bits per heavy atom. The van der Waals surface area contributed by atoms with Crippen LogP contribution in [-0.4, -0.2) is 40.5 Å². The van der Waals surface area contributed by atoms with Gasteiger partial charge in [0.05, 0.1) is 17.9 Å². The molecular formula is C26H30BNO5. The van der Waals surface area contributed by atoms with E-state index in [4.69, 9.17) is 4.65 Å². The lowest BCUT2D eigenvalue weighted by molar-refractivity contribution is -0.140. The zero-order chi connectivity index (χ0) is 23.3. The number of amides is 2. The molecule has 2 heterocycles. The second-order valence-corrected chi connectivity index (χ2v) is 9.51. The first-order chi connectivity index (χ1) is 16.0. The topological polar surface area (TPSA) is 87.1 Å². The largest absolute Gasteiger partial charge is 0.507 e. The van der Waals surface area contributed by atoms with E-state index in [9.17, 15) is 19.7 Å². The Morgan fingerprint density at radius 1 is 1.03 bits per heavy atom. The number of likely N-dealkylation sites (tertiary alicyclic amines) is 1. The molecule has 0 spiro atoms. The molecule has 6 nitrogen and oxygen atoms in total. The third-order valence-corrected chi connectivity index (χ3v) is 7.58. The van der Waals surface area contributed by atoms with Crippen LogP contribution in [0.15, 0.2) is 47.4 Å². The highest BCUT2D eigenvalue weighted by molar-refractivity contribution is 6.53. The summed E-state index contributed by atoms with van der Waals surface area (Å²) in [4.78, 5) is 28.0. The van der Waals surface area contributed by atoms with Crippen molar-refractivity contribution in [3.63, 3.8) is 0 Å². The molecular weight excluding hydrogens is 417 g/mol. The molecule has 0 saturated carbocycles. The van der Waals surface area contributed by atoms with E-state index in [0.717, 1.165) is 46.6 Å². The molecule has 2 aliphatic heterocycles. The van der Waals surface area contributed by atoms with Gasteiger partial charge in [-0.1, -0.05) is 56.2 Å². The van der Waals surface area contributed by atoms with Crippen LogP contribution in [0.25, 0.3) is 10.8 Å². The Kier molecular flexibility index (Phi) is 5.79. The fraction of sp³-hybridized carbons (Fsp3) is 0.462. The summed E-state index contributed by atoms with van der Waals surface area (Å²) in [7, 11) is -1.10. The Labute approximate surface area is 194 Å². The van der Waals surface area contributed by atoms with Crippen LogP contribution in [0.3, 0.4) is 0 Å². The number of nitrogens with zero attached hydrogens (tertiary/aromatic N) is 1. The van der Waals surface area contributed by atoms with E-state index in [-0.39, 0.29) is 29.4 Å². The van der Waals surface area contributed by atoms with Crippen LogP contribution in [0, 0.1) is 17.8 Å². The van der Waals surface area contributed by atoms with Gasteiger partial charge < -0.3 is 14.8 Å². The number of rotatable bonds is 5. The minimum Gasteiger partial charge on any atom is -0.507 e. The normalized spacial score (nSPS) is 27.4. The maximum atomic E-state index is 13.4. The smallest absolute Gasteiger partial charge is 0.487 e. The molecule has 0 bridgehead atoms. The molecule has 3 aliphatic rings. The number of allylic oxidation sites excluding steroid dienone is 2. The summed E-state index contributed by atoms with van der Waals surface area (Å²) < 4.78 is 6.16. The van der Waals surface area contributed by atoms with Crippen LogP contribution in [0.2, 0.25) is 0 Å². The molecule has 0 unspecified atom stereocenters. The summed E-state index contributed by atoms with van der Waals surface area (Å²) in [5.74, 6) is -0.989. The number of hydrogen-bond acceptors (Lipinski definition) is 5. The van der Waals surface area contributed by atoms with Gasteiger partial charge in [0, 0.05) is 11.9 Å². The van der Waals surface area contributed by atoms with Crippen molar-refractivity contribution >= 4 is 29.7 Å². The van der Waals surface area contributed by atoms with E-state index < -0.39 is 19.1 Å². The van der Waals surface area contributed by atoms with E-state index in [0.29, 0.717) is 19.4 Å². The first-order valence-corrected chi connectivity index (χ1v) is 12.1. The molecule has 172 valence electrons. The zero-order valence-electron chi connectivity index (χ0n) is 19.2. The summed E-state index contributed by atoms with van der Waals surface area (Å²) in [6, 6.07) is 11.1. The van der Waals surface area contributed by atoms with Crippen molar-refractivity contribution in [1.29, 1.82) is 0 Å². The second-order valence-electron chi connectivity index (χ2n) is 9.51. The summed E-state index contributed by atoms with van der Waals surface area (Å²) in [6.07, 6.45) is 3.04. The maximum Gasteiger partial charge on any atom is 0.487 e. The third-order valence-electron chi connectivity index (χ3n) is 7.58. The lowest BCUT2D eigenvalue weighted by atomic mass is 9.54. The Bertz CT molecular complexity index is 1140. The van der Waals surface area contributed by atoms with Gasteiger partial charge in [-0.3, -0.25) is 14.5 Å². The van der Waals surface area contributed by atoms with Crippen molar-refractivity contribution in [2.45, 2.75) is 52.1 Å². The number of imide groups is 1. The molecule has 2 amide bonds. The molecule has 2 aromatic carbocycles. The van der Waals surface area contributed by atoms with Gasteiger partial charge in [0.2, 0.25) is 11.8 Å². The fourth-order valence-electron chi connectivity index (χ4n) is 6.25. The minimum atomic E-state index is -1.10. The van der Waals surface area contributed by atoms with Gasteiger partial charge in [0.15, 0.2) is 0 Å². The summed E-state index contributed by atoms with van der Waals surface area (Å²) in [6.45, 7) is 4.50. The van der Waals surface area contributed by atoms with E-state index in [1.165, 1.54) is 4.90 Å². The minimum absolute atomic E-state index is 0.0629. The lowest BCUT2D eigenvalue weighted by Crippen LogP contribution is -2.45. The maximum absolute atomic E-state index is 13.4. The number of hydrogen-bond donors (Lipinski definition) is 2. The van der Waals surface area contributed by atoms with Crippen molar-refractivity contribution in [1.82, 2.24) is 4.90 Å². The fourth-order valence-corrected chi connectivity index (χ4v) is 6.25. The summed E-state index contributed by atoms with van der Waals surface area (Å²) >= 11 is 0. The van der Waals surface area contributed by atoms with Crippen LogP contribution in [0.1, 0.15) is 57.6 Å². The van der Waals surface area contributed by atoms with Crippen molar-refractivity contribution in [2.75, 3.05) is 6.54 Å². The van der Waals surface area contributed by atoms with E-state index >= 15 is 0 Å². The van der Waals surface area contributed by atoms with E-state index in [1.807, 2.05) is 37.3 Å². The first-order valence-electron chi connectivity index (χ1n) is 12.1. The van der Waals surface area contributed by atoms with Crippen molar-refractivity contribution < 1.29 is 24.4 Å². The number of phenolic OH excluding ortho intramolecular Hbond substituents is 1. The van der Waals surface area contributed by atoms with Crippen LogP contribution >= 0.6 is 0 Å². The van der Waals surface area contributed by atoms with Crippen molar-refractivity contribution in [3.05, 3.63) is 53.0 Å². The highest BCUT2D eigenvalue weighted by Crippen LogP contribution is 2.52. The van der Waals surface area contributed by atoms with Gasteiger partial charge in [-0.25, -0.2) is 0 Å². The van der Waals surface area contributed by atoms with E-state index in [1.54, 1.807) is 6.07 Å². The monoisotopic (exact) mass is 447 g/mol. The number of carbonyl (C=O) groups excluding carboxylic acids is 2. The number of benzene rings is 2. The molecule has 5 rings (SSSR count). The summed E-state index contributed by atoms with van der Waals surface area (Å²) in [5, 5.41) is 23.1. The van der Waals surface area contributed by atoms with Gasteiger partial charge in [0.25, 0.3) is 0 Å². The Balaban J connectivity index is 1.58. The van der Waals surface area contributed by atoms with Gasteiger partial charge in [-0.05, 0) is 54.1 Å². The number of phenols is 1. The van der Waals surface area contributed by atoms with Gasteiger partial charge in [0.1, 0.15) is 5.75 Å². The van der Waals surface area contributed by atoms with Gasteiger partial charge >= 0.3 is 7.12 Å². The van der Waals surface area contributed by atoms with Gasteiger partial charge in [-0.2, -0.15) is 0 Å². The number of aromatic hydroxyl groups is 1. The van der Waals surface area contributed by atoms with Crippen LogP contribution in [-0.2, 0) is 14.2 Å². The molecule has 33 heavy (non-hydrogen) atoms. The standard InChI is InChI=1S/C26H30BNO5/c1-3-7-15-13-20-23(26(31)28(12-4-2)25(20)30)19-14-22(33-27(32)24(15)19)18-10-11-21(29)17-9-6-5-8-16(17)18/h5-6,8-11,19-20,22-23,29,32H,3-4,7,12-14H2,1-2H3/t19-,20-,22-,23+/m0/s1. The van der Waals surface area contributed by atoms with Gasteiger partial charge in [-0.15, -0.1) is 0 Å². The molecule has 2 N–H and O–H groups in total. The van der Waals surface area contributed by atoms with E-state index in [2.05, 4.69) is 6.92 Å². The molecule has 1 aliphatic carbocycles. The molecule has 0 radical (unpaired) electrons. The zero-order valence-corrected chi connectivity index (χ0v) is 19.2. The average molecular weight is 447 g/mol. The molecule has 2 fully saturated rings. The number of fused-ring (bicyclic) bond motifs is 4. The SMILES string of the molecule is CCCC1=C2B(O)O[C@H](c3ccc(O)c4ccccc34)C[C@H]2[C@H]2C(=O)N(CCC)C(=O)[C@H]2C1. The predicted octanol–water partition coefficient (Wildman–Crippen LogP) is 4.15. The third kappa shape index (κ3) is 3.49. The highest BCUT2D eigenvalue weighted by atomic mass is 16.5. The Morgan fingerprint density at radius 3 is 2.52 bits per heavy atom. The molecule has 2 saturated heterocycles. The van der Waals surface area contributed by atoms with Crippen LogP contribution in [0.5, 0.6) is 5.75 Å². The highest BCUT2D eigenvalue weighted by Gasteiger charge is 2.57. The predicted molar refractivity (Wildman–Crippen MR) is 126 cm³/mol. The molecule has 2 aromatic rings. The molecule has 0 aromatic heterocycles. The quantitative estimate of drug-likeness (QED) is 0.531. The molecule has 4 atom stereocenters. The van der Waals surface area contributed by atoms with Crippen LogP contribution in [0.4, 0.5) is 0 Å². The first kappa shape index (κ1) is 22.2. The lowest BCUT2D eigenvalue weighted by Gasteiger charge is -2.42. The Hall–Kier alpha value is -2.64. The van der Waals surface area contributed by atoms with Crippen molar-refractivity contribution in [3.8, 4) is 5.75 Å². The number of carbonyl (C=O) groups is 2. The second kappa shape index (κ2) is 8.62. The van der Waals surface area contributed by atoms with Crippen LogP contribution < -0.4 is 0 Å². The van der Waals surface area contributed by atoms with Crippen molar-refractivity contribution in [2.24, 2.45) is 17.8 Å². The summed E-state index contributed by atoms with van der Waals surface area (Å²) in [5.41, 5.74) is 2.77. The molecule has 7 heteroatoms. The average Bonchev–Trinajstić information content (AvgIpc) is 3.04.